The van der Waals surface area contributed by atoms with Crippen molar-refractivity contribution in [3.63, 3.8) is 0 Å². The first kappa shape index (κ1) is 16.6. The van der Waals surface area contributed by atoms with E-state index in [2.05, 4.69) is 9.97 Å². The molecule has 1 saturated carbocycles. The van der Waals surface area contributed by atoms with E-state index >= 15 is 0 Å². The number of aromatic nitrogens is 3. The smallest absolute Gasteiger partial charge is 0.141 e. The molecule has 5 heteroatoms. The Balaban J connectivity index is 1.71. The molecule has 0 amide bonds. The monoisotopic (exact) mass is 349 g/mol. The maximum absolute atomic E-state index is 13.3. The highest BCUT2D eigenvalue weighted by Gasteiger charge is 2.29. The molecule has 4 nitrogen and oxygen atoms in total. The lowest BCUT2D eigenvalue weighted by atomic mass is 10.0. The van der Waals surface area contributed by atoms with Gasteiger partial charge >= 0.3 is 0 Å². The fourth-order valence-electron chi connectivity index (χ4n) is 3.07. The standard InChI is InChI=1S/C21H20FN3O/c1-2-19-24-20(14-5-7-16(22)8-6-14)21(25-19)15-9-10-23-17(11-15)12-18(26)13-3-4-13/h5-11,13H,2-4,12H2,1H3,(H,24,25). The maximum atomic E-state index is 13.3. The number of ketones is 1. The first-order valence-electron chi connectivity index (χ1n) is 8.97. The third kappa shape index (κ3) is 3.43. The summed E-state index contributed by atoms with van der Waals surface area (Å²) in [5, 5.41) is 0. The van der Waals surface area contributed by atoms with Crippen LogP contribution in [0.3, 0.4) is 0 Å². The van der Waals surface area contributed by atoms with Crippen molar-refractivity contribution in [2.75, 3.05) is 0 Å². The van der Waals surface area contributed by atoms with E-state index in [1.165, 1.54) is 12.1 Å². The van der Waals surface area contributed by atoms with E-state index in [9.17, 15) is 9.18 Å². The summed E-state index contributed by atoms with van der Waals surface area (Å²) in [4.78, 5) is 24.5. The van der Waals surface area contributed by atoms with E-state index in [1.807, 2.05) is 19.1 Å². The number of Topliss-reactive ketones (excluding diaryl/α,β-unsaturated/α-hetero) is 1. The zero-order chi connectivity index (χ0) is 18.1. The van der Waals surface area contributed by atoms with Crippen LogP contribution in [0.2, 0.25) is 0 Å². The second-order valence-corrected chi connectivity index (χ2v) is 6.72. The molecule has 1 N–H and O–H groups in total. The number of carbonyl (C=O) groups is 1. The van der Waals surface area contributed by atoms with Crippen LogP contribution in [0.5, 0.6) is 0 Å². The van der Waals surface area contributed by atoms with Crippen LogP contribution in [0.1, 0.15) is 31.3 Å². The zero-order valence-corrected chi connectivity index (χ0v) is 14.6. The first-order valence-corrected chi connectivity index (χ1v) is 8.97. The summed E-state index contributed by atoms with van der Waals surface area (Å²) in [6, 6.07) is 10.2. The highest BCUT2D eigenvalue weighted by molar-refractivity contribution is 5.85. The van der Waals surface area contributed by atoms with Crippen LogP contribution >= 0.6 is 0 Å². The third-order valence-electron chi connectivity index (χ3n) is 4.70. The molecule has 0 unspecified atom stereocenters. The minimum Gasteiger partial charge on any atom is -0.341 e. The van der Waals surface area contributed by atoms with Crippen LogP contribution in [-0.4, -0.2) is 20.7 Å². The van der Waals surface area contributed by atoms with Gasteiger partial charge in [-0.1, -0.05) is 6.92 Å². The molecule has 0 atom stereocenters. The summed E-state index contributed by atoms with van der Waals surface area (Å²) in [7, 11) is 0. The van der Waals surface area contributed by atoms with Gasteiger partial charge in [-0.25, -0.2) is 9.37 Å². The van der Waals surface area contributed by atoms with Gasteiger partial charge in [0.2, 0.25) is 0 Å². The number of hydrogen-bond acceptors (Lipinski definition) is 3. The van der Waals surface area contributed by atoms with Gasteiger partial charge in [-0.15, -0.1) is 0 Å². The summed E-state index contributed by atoms with van der Waals surface area (Å²) < 4.78 is 13.3. The number of H-pyrrole nitrogens is 1. The lowest BCUT2D eigenvalue weighted by molar-refractivity contribution is -0.119. The van der Waals surface area contributed by atoms with Crippen LogP contribution in [0.15, 0.2) is 42.6 Å². The topological polar surface area (TPSA) is 58.6 Å². The molecule has 0 aliphatic heterocycles. The van der Waals surface area contributed by atoms with Crippen molar-refractivity contribution in [2.24, 2.45) is 5.92 Å². The van der Waals surface area contributed by atoms with Gasteiger partial charge in [-0.05, 0) is 49.2 Å². The molecular formula is C21H20FN3O. The molecule has 26 heavy (non-hydrogen) atoms. The third-order valence-corrected chi connectivity index (χ3v) is 4.70. The van der Waals surface area contributed by atoms with Crippen molar-refractivity contribution in [2.45, 2.75) is 32.6 Å². The summed E-state index contributed by atoms with van der Waals surface area (Å²) >= 11 is 0. The number of nitrogens with zero attached hydrogens (tertiary/aromatic N) is 2. The van der Waals surface area contributed by atoms with Crippen molar-refractivity contribution < 1.29 is 9.18 Å². The van der Waals surface area contributed by atoms with E-state index in [0.717, 1.165) is 53.3 Å². The minimum absolute atomic E-state index is 0.229. The summed E-state index contributed by atoms with van der Waals surface area (Å²) in [6.07, 6.45) is 4.88. The average molecular weight is 349 g/mol. The number of benzene rings is 1. The Kier molecular flexibility index (Phi) is 4.37. The minimum atomic E-state index is -0.268. The molecule has 0 radical (unpaired) electrons. The van der Waals surface area contributed by atoms with Crippen molar-refractivity contribution >= 4 is 5.78 Å². The van der Waals surface area contributed by atoms with Crippen molar-refractivity contribution in [1.82, 2.24) is 15.0 Å². The SMILES string of the molecule is CCc1nc(-c2ccnc(CC(=O)C3CC3)c2)c(-c2ccc(F)cc2)[nH]1. The molecule has 0 bridgehead atoms. The van der Waals surface area contributed by atoms with Crippen molar-refractivity contribution in [1.29, 1.82) is 0 Å². The fourth-order valence-corrected chi connectivity index (χ4v) is 3.07. The van der Waals surface area contributed by atoms with Crippen LogP contribution in [0, 0.1) is 11.7 Å². The number of aromatic amines is 1. The molecule has 0 spiro atoms. The Labute approximate surface area is 151 Å². The number of nitrogens with one attached hydrogen (secondary N) is 1. The maximum Gasteiger partial charge on any atom is 0.141 e. The van der Waals surface area contributed by atoms with Gasteiger partial charge in [0, 0.05) is 41.8 Å². The van der Waals surface area contributed by atoms with E-state index in [4.69, 9.17) is 4.98 Å². The predicted octanol–water partition coefficient (Wildman–Crippen LogP) is 4.36. The quantitative estimate of drug-likeness (QED) is 0.719. The number of imidazole rings is 1. The predicted molar refractivity (Wildman–Crippen MR) is 98.0 cm³/mol. The highest BCUT2D eigenvalue weighted by atomic mass is 19.1. The summed E-state index contributed by atoms with van der Waals surface area (Å²) in [5.74, 6) is 1.10. The Morgan fingerprint density at radius 2 is 1.96 bits per heavy atom. The molecule has 1 aliphatic rings. The van der Waals surface area contributed by atoms with Gasteiger partial charge in [0.05, 0.1) is 11.4 Å². The molecule has 1 aromatic carbocycles. The zero-order valence-electron chi connectivity index (χ0n) is 14.6. The number of aryl methyl sites for hydroxylation is 1. The molecule has 2 heterocycles. The van der Waals surface area contributed by atoms with Crippen LogP contribution in [-0.2, 0) is 17.6 Å². The Bertz CT molecular complexity index is 942. The van der Waals surface area contributed by atoms with E-state index in [-0.39, 0.29) is 17.5 Å². The van der Waals surface area contributed by atoms with Gasteiger partial charge in [-0.3, -0.25) is 9.78 Å². The Hall–Kier alpha value is -2.82. The average Bonchev–Trinajstić information content (AvgIpc) is 3.42. The second kappa shape index (κ2) is 6.83. The van der Waals surface area contributed by atoms with Gasteiger partial charge in [0.25, 0.3) is 0 Å². The van der Waals surface area contributed by atoms with Crippen LogP contribution < -0.4 is 0 Å². The van der Waals surface area contributed by atoms with Gasteiger partial charge in [0.15, 0.2) is 0 Å². The normalized spacial score (nSPS) is 13.8. The van der Waals surface area contributed by atoms with E-state index in [1.54, 1.807) is 18.3 Å². The number of pyridine rings is 1. The Morgan fingerprint density at radius 3 is 2.65 bits per heavy atom. The molecule has 0 saturated heterocycles. The molecule has 1 aliphatic carbocycles. The van der Waals surface area contributed by atoms with Gasteiger partial charge in [-0.2, -0.15) is 0 Å². The summed E-state index contributed by atoms with van der Waals surface area (Å²) in [5.41, 5.74) is 4.21. The Morgan fingerprint density at radius 1 is 1.19 bits per heavy atom. The molecule has 132 valence electrons. The van der Waals surface area contributed by atoms with Crippen molar-refractivity contribution in [3.8, 4) is 22.5 Å². The molecule has 2 aromatic heterocycles. The molecule has 1 fully saturated rings. The van der Waals surface area contributed by atoms with Gasteiger partial charge < -0.3 is 4.98 Å². The van der Waals surface area contributed by atoms with Crippen LogP contribution in [0.4, 0.5) is 4.39 Å². The summed E-state index contributed by atoms with van der Waals surface area (Å²) in [6.45, 7) is 2.03. The fraction of sp³-hybridized carbons (Fsp3) is 0.286. The molecular weight excluding hydrogens is 329 g/mol. The number of hydrogen-bond donors (Lipinski definition) is 1. The van der Waals surface area contributed by atoms with E-state index in [0.29, 0.717) is 6.42 Å². The second-order valence-electron chi connectivity index (χ2n) is 6.72. The first-order chi connectivity index (χ1) is 12.6. The lowest BCUT2D eigenvalue weighted by Crippen LogP contribution is -2.06. The number of rotatable bonds is 6. The van der Waals surface area contributed by atoms with Crippen molar-refractivity contribution in [3.05, 3.63) is 59.9 Å². The van der Waals surface area contributed by atoms with Gasteiger partial charge in [0.1, 0.15) is 17.4 Å². The largest absolute Gasteiger partial charge is 0.341 e. The number of halogens is 1. The van der Waals surface area contributed by atoms with Crippen LogP contribution in [0.25, 0.3) is 22.5 Å². The van der Waals surface area contributed by atoms with E-state index < -0.39 is 0 Å². The number of carbonyl (C=O) groups excluding carboxylic acids is 1. The molecule has 4 rings (SSSR count). The highest BCUT2D eigenvalue weighted by Crippen LogP contribution is 2.32. The lowest BCUT2D eigenvalue weighted by Gasteiger charge is -2.05. The molecule has 3 aromatic rings.